The summed E-state index contributed by atoms with van der Waals surface area (Å²) in [6.45, 7) is 5.93. The Morgan fingerprint density at radius 3 is 2.47 bits per heavy atom. The van der Waals surface area contributed by atoms with Crippen molar-refractivity contribution in [1.29, 1.82) is 0 Å². The Labute approximate surface area is 173 Å². The van der Waals surface area contributed by atoms with Crippen LogP contribution in [0.5, 0.6) is 0 Å². The molecule has 2 aromatic carbocycles. The number of para-hydroxylation sites is 1. The summed E-state index contributed by atoms with van der Waals surface area (Å²) in [5.41, 5.74) is 5.18. The SMILES string of the molecule is Cc1[nH]c2ccccc2c1C(=O)C(=O)NCCc1cc2c(C)ccc(C)c2[nH]c1=O. The molecule has 0 spiro atoms. The number of aromatic nitrogens is 2. The van der Waals surface area contributed by atoms with Gasteiger partial charge in [0.1, 0.15) is 0 Å². The summed E-state index contributed by atoms with van der Waals surface area (Å²) in [6.07, 6.45) is 0.338. The summed E-state index contributed by atoms with van der Waals surface area (Å²) in [7, 11) is 0. The molecule has 152 valence electrons. The molecular weight excluding hydrogens is 378 g/mol. The van der Waals surface area contributed by atoms with Crippen molar-refractivity contribution in [1.82, 2.24) is 15.3 Å². The molecule has 2 aromatic heterocycles. The number of benzene rings is 2. The largest absolute Gasteiger partial charge is 0.358 e. The first-order valence-corrected chi connectivity index (χ1v) is 9.88. The molecule has 0 aliphatic heterocycles. The van der Waals surface area contributed by atoms with E-state index in [1.807, 2.05) is 56.3 Å². The van der Waals surface area contributed by atoms with Crippen molar-refractivity contribution in [2.75, 3.05) is 6.54 Å². The van der Waals surface area contributed by atoms with Crippen molar-refractivity contribution < 1.29 is 9.59 Å². The van der Waals surface area contributed by atoms with Gasteiger partial charge in [-0.3, -0.25) is 14.4 Å². The lowest BCUT2D eigenvalue weighted by Gasteiger charge is -2.09. The minimum absolute atomic E-state index is 0.177. The Kier molecular flexibility index (Phi) is 4.99. The zero-order chi connectivity index (χ0) is 21.4. The van der Waals surface area contributed by atoms with E-state index in [0.29, 0.717) is 23.2 Å². The minimum atomic E-state index is -0.674. The van der Waals surface area contributed by atoms with Crippen molar-refractivity contribution in [2.45, 2.75) is 27.2 Å². The Hall–Kier alpha value is -3.67. The van der Waals surface area contributed by atoms with Crippen LogP contribution in [0, 0.1) is 20.8 Å². The summed E-state index contributed by atoms with van der Waals surface area (Å²) >= 11 is 0. The van der Waals surface area contributed by atoms with Crippen LogP contribution in [-0.4, -0.2) is 28.2 Å². The Morgan fingerprint density at radius 1 is 0.933 bits per heavy atom. The zero-order valence-corrected chi connectivity index (χ0v) is 17.2. The monoisotopic (exact) mass is 401 g/mol. The normalized spacial score (nSPS) is 11.2. The highest BCUT2D eigenvalue weighted by atomic mass is 16.2. The molecule has 0 aliphatic rings. The van der Waals surface area contributed by atoms with Gasteiger partial charge in [0, 0.05) is 34.1 Å². The Bertz CT molecular complexity index is 1360. The topological polar surface area (TPSA) is 94.8 Å². The molecule has 30 heavy (non-hydrogen) atoms. The van der Waals surface area contributed by atoms with Gasteiger partial charge in [0.2, 0.25) is 0 Å². The molecule has 0 saturated carbocycles. The molecule has 0 aliphatic carbocycles. The summed E-state index contributed by atoms with van der Waals surface area (Å²) in [6, 6.07) is 13.3. The Morgan fingerprint density at radius 2 is 1.67 bits per heavy atom. The lowest BCUT2D eigenvalue weighted by molar-refractivity contribution is -0.116. The van der Waals surface area contributed by atoms with Crippen LogP contribution in [-0.2, 0) is 11.2 Å². The van der Waals surface area contributed by atoms with Gasteiger partial charge in [-0.2, -0.15) is 0 Å². The van der Waals surface area contributed by atoms with Gasteiger partial charge in [-0.1, -0.05) is 30.3 Å². The second-order valence-corrected chi connectivity index (χ2v) is 7.62. The molecule has 4 rings (SSSR count). The Balaban J connectivity index is 1.50. The van der Waals surface area contributed by atoms with Crippen molar-refractivity contribution in [3.8, 4) is 0 Å². The number of amides is 1. The van der Waals surface area contributed by atoms with Crippen LogP contribution in [0.15, 0.2) is 47.3 Å². The van der Waals surface area contributed by atoms with Gasteiger partial charge >= 0.3 is 0 Å². The van der Waals surface area contributed by atoms with E-state index in [0.717, 1.165) is 32.9 Å². The van der Waals surface area contributed by atoms with Gasteiger partial charge < -0.3 is 15.3 Å². The van der Waals surface area contributed by atoms with Crippen molar-refractivity contribution in [2.24, 2.45) is 0 Å². The highest BCUT2D eigenvalue weighted by Gasteiger charge is 2.22. The van der Waals surface area contributed by atoms with Gasteiger partial charge in [0.25, 0.3) is 17.2 Å². The van der Waals surface area contributed by atoms with Gasteiger partial charge in [0.05, 0.1) is 11.1 Å². The van der Waals surface area contributed by atoms with Gasteiger partial charge in [0.15, 0.2) is 0 Å². The third-order valence-electron chi connectivity index (χ3n) is 5.53. The minimum Gasteiger partial charge on any atom is -0.358 e. The highest BCUT2D eigenvalue weighted by molar-refractivity contribution is 6.45. The maximum absolute atomic E-state index is 12.7. The number of pyridine rings is 1. The maximum Gasteiger partial charge on any atom is 0.292 e. The maximum atomic E-state index is 12.7. The number of fused-ring (bicyclic) bond motifs is 2. The number of hydrogen-bond acceptors (Lipinski definition) is 3. The van der Waals surface area contributed by atoms with Crippen LogP contribution < -0.4 is 10.9 Å². The highest BCUT2D eigenvalue weighted by Crippen LogP contribution is 2.22. The predicted molar refractivity (Wildman–Crippen MR) is 118 cm³/mol. The summed E-state index contributed by atoms with van der Waals surface area (Å²) < 4.78 is 0. The lowest BCUT2D eigenvalue weighted by atomic mass is 10.0. The molecule has 0 atom stereocenters. The number of aromatic amines is 2. The number of aryl methyl sites for hydroxylation is 3. The fourth-order valence-corrected chi connectivity index (χ4v) is 3.88. The molecule has 0 fully saturated rings. The molecule has 0 unspecified atom stereocenters. The molecule has 6 heteroatoms. The van der Waals surface area contributed by atoms with E-state index in [1.54, 1.807) is 6.92 Å². The van der Waals surface area contributed by atoms with Crippen LogP contribution in [0.3, 0.4) is 0 Å². The van der Waals surface area contributed by atoms with Crippen molar-refractivity contribution in [3.63, 3.8) is 0 Å². The second kappa shape index (κ2) is 7.63. The average Bonchev–Trinajstić information content (AvgIpc) is 3.06. The fourth-order valence-electron chi connectivity index (χ4n) is 3.88. The molecule has 0 saturated heterocycles. The average molecular weight is 401 g/mol. The third kappa shape index (κ3) is 3.41. The van der Waals surface area contributed by atoms with Crippen LogP contribution in [0.25, 0.3) is 21.8 Å². The molecule has 3 N–H and O–H groups in total. The third-order valence-corrected chi connectivity index (χ3v) is 5.53. The fraction of sp³-hybridized carbons (Fsp3) is 0.208. The molecule has 1 amide bonds. The van der Waals surface area contributed by atoms with Crippen LogP contribution in [0.2, 0.25) is 0 Å². The zero-order valence-electron chi connectivity index (χ0n) is 17.2. The first kappa shape index (κ1) is 19.6. The van der Waals surface area contributed by atoms with E-state index in [2.05, 4.69) is 15.3 Å². The van der Waals surface area contributed by atoms with Gasteiger partial charge in [-0.05, 0) is 50.5 Å². The van der Waals surface area contributed by atoms with E-state index in [1.165, 1.54) is 0 Å². The molecule has 0 bridgehead atoms. The lowest BCUT2D eigenvalue weighted by Crippen LogP contribution is -2.33. The number of Topliss-reactive ketones (excluding diaryl/α,β-unsaturated/α-hetero) is 1. The summed E-state index contributed by atoms with van der Waals surface area (Å²) in [4.78, 5) is 43.7. The van der Waals surface area contributed by atoms with Crippen LogP contribution >= 0.6 is 0 Å². The number of hydrogen-bond donors (Lipinski definition) is 3. The standard InChI is InChI=1S/C24H23N3O3/c1-13-8-9-14(2)21-18(13)12-16(23(29)27-21)10-11-25-24(30)22(28)20-15(3)26-19-7-5-4-6-17(19)20/h4-9,12,26H,10-11H2,1-3H3,(H,25,30)(H,27,29). The number of H-pyrrole nitrogens is 2. The van der Waals surface area contributed by atoms with E-state index < -0.39 is 11.7 Å². The van der Waals surface area contributed by atoms with E-state index in [9.17, 15) is 14.4 Å². The molecule has 6 nitrogen and oxygen atoms in total. The number of rotatable bonds is 5. The molecule has 2 heterocycles. The first-order chi connectivity index (χ1) is 14.4. The smallest absolute Gasteiger partial charge is 0.292 e. The van der Waals surface area contributed by atoms with Gasteiger partial charge in [-0.25, -0.2) is 0 Å². The van der Waals surface area contributed by atoms with E-state index in [4.69, 9.17) is 0 Å². The number of carbonyl (C=O) groups excluding carboxylic acids is 2. The van der Waals surface area contributed by atoms with Crippen molar-refractivity contribution >= 4 is 33.5 Å². The van der Waals surface area contributed by atoms with Gasteiger partial charge in [-0.15, -0.1) is 0 Å². The van der Waals surface area contributed by atoms with Crippen molar-refractivity contribution in [3.05, 3.63) is 80.8 Å². The number of ketones is 1. The quantitative estimate of drug-likeness (QED) is 0.353. The van der Waals surface area contributed by atoms with E-state index >= 15 is 0 Å². The molecule has 0 radical (unpaired) electrons. The molecular formula is C24H23N3O3. The first-order valence-electron chi connectivity index (χ1n) is 9.88. The van der Waals surface area contributed by atoms with E-state index in [-0.39, 0.29) is 12.1 Å². The number of nitrogens with one attached hydrogen (secondary N) is 3. The van der Waals surface area contributed by atoms with Crippen LogP contribution in [0.1, 0.15) is 32.7 Å². The number of carbonyl (C=O) groups is 2. The summed E-state index contributed by atoms with van der Waals surface area (Å²) in [5.74, 6) is -1.25. The predicted octanol–water partition coefficient (Wildman–Crippen LogP) is 3.48. The van der Waals surface area contributed by atoms with Crippen LogP contribution in [0.4, 0.5) is 0 Å². The molecule has 4 aromatic rings. The second-order valence-electron chi connectivity index (χ2n) is 7.62. The summed E-state index contributed by atoms with van der Waals surface area (Å²) in [5, 5.41) is 4.37.